The van der Waals surface area contributed by atoms with Gasteiger partial charge < -0.3 is 19.9 Å². The monoisotopic (exact) mass is 566 g/mol. The molecule has 216 valence electrons. The fourth-order valence-corrected chi connectivity index (χ4v) is 5.12. The van der Waals surface area contributed by atoms with E-state index in [9.17, 15) is 4.79 Å². The Bertz CT molecular complexity index is 1760. The van der Waals surface area contributed by atoms with Crippen LogP contribution in [0.2, 0.25) is 0 Å². The molecule has 1 saturated heterocycles. The molecule has 0 unspecified atom stereocenters. The maximum Gasteiger partial charge on any atom is 0.410 e. The number of nitrogens with zero attached hydrogens (tertiary/aromatic N) is 9. The number of carbonyl (C=O) groups excluding carboxylic acids is 1. The second kappa shape index (κ2) is 10.8. The highest BCUT2D eigenvalue weighted by molar-refractivity contribution is 5.87. The van der Waals surface area contributed by atoms with Crippen LogP contribution in [0.25, 0.3) is 16.7 Å². The number of hydrogen-bond donors (Lipinski definition) is 1. The van der Waals surface area contributed by atoms with Crippen molar-refractivity contribution < 1.29 is 9.53 Å². The molecule has 0 radical (unpaired) electrons. The summed E-state index contributed by atoms with van der Waals surface area (Å²) in [4.78, 5) is 39.1. The first-order valence-corrected chi connectivity index (χ1v) is 14.0. The van der Waals surface area contributed by atoms with Crippen LogP contribution in [0.5, 0.6) is 0 Å². The molecule has 0 aliphatic carbocycles. The van der Waals surface area contributed by atoms with Crippen LogP contribution >= 0.6 is 0 Å². The highest BCUT2D eigenvalue weighted by Crippen LogP contribution is 2.26. The number of anilines is 3. The van der Waals surface area contributed by atoms with Crippen molar-refractivity contribution in [2.24, 2.45) is 0 Å². The van der Waals surface area contributed by atoms with Gasteiger partial charge in [-0.25, -0.2) is 34.2 Å². The number of amides is 1. The van der Waals surface area contributed by atoms with Crippen LogP contribution in [0.3, 0.4) is 0 Å². The molecule has 0 spiro atoms. The predicted octanol–water partition coefficient (Wildman–Crippen LogP) is 4.55. The molecule has 1 atom stereocenters. The molecule has 42 heavy (non-hydrogen) atoms. The largest absolute Gasteiger partial charge is 0.444 e. The first kappa shape index (κ1) is 27.3. The molecule has 5 heterocycles. The summed E-state index contributed by atoms with van der Waals surface area (Å²) >= 11 is 0. The first-order valence-electron chi connectivity index (χ1n) is 14.0. The van der Waals surface area contributed by atoms with Gasteiger partial charge in [0.15, 0.2) is 11.5 Å². The van der Waals surface area contributed by atoms with E-state index in [0.717, 1.165) is 23.3 Å². The summed E-state index contributed by atoms with van der Waals surface area (Å²) in [6.45, 7) is 11.4. The number of hydrogen-bond acceptors (Lipinski definition) is 10. The van der Waals surface area contributed by atoms with Gasteiger partial charge in [-0.1, -0.05) is 6.07 Å². The molecule has 1 amide bonds. The van der Waals surface area contributed by atoms with Crippen molar-refractivity contribution in [1.82, 2.24) is 39.4 Å². The van der Waals surface area contributed by atoms with E-state index in [1.165, 1.54) is 17.5 Å². The number of aromatic nitrogens is 7. The minimum Gasteiger partial charge on any atom is -0.444 e. The van der Waals surface area contributed by atoms with E-state index >= 15 is 0 Å². The van der Waals surface area contributed by atoms with E-state index in [1.54, 1.807) is 21.9 Å². The molecule has 1 fully saturated rings. The minimum absolute atomic E-state index is 0.0581. The molecule has 6 rings (SSSR count). The van der Waals surface area contributed by atoms with Crippen LogP contribution in [0.4, 0.5) is 22.2 Å². The number of piperazine rings is 1. The number of pyridine rings is 1. The predicted molar refractivity (Wildman–Crippen MR) is 160 cm³/mol. The topological polar surface area (TPSA) is 127 Å². The van der Waals surface area contributed by atoms with Crippen molar-refractivity contribution in [1.29, 1.82) is 0 Å². The fourth-order valence-electron chi connectivity index (χ4n) is 5.12. The zero-order valence-electron chi connectivity index (χ0n) is 24.4. The quantitative estimate of drug-likeness (QED) is 0.324. The highest BCUT2D eigenvalue weighted by atomic mass is 16.6. The van der Waals surface area contributed by atoms with E-state index in [2.05, 4.69) is 66.4 Å². The standard InChI is InChI=1S/C30H34N10O2/c1-19-12-23(7-6-22(19)13-21-8-9-40-25(14-21)33-18-35-40)36-27-26-24(32-17-34-27)15-31-28(37-26)38-10-11-39(20(2)16-38)29(41)42-30(3,4)5/h6-9,12,14-15,17-18,20H,10-11,13,16H2,1-5H3,(H,32,34,36)/t20-/m1/s1. The van der Waals surface area contributed by atoms with Crippen LogP contribution in [0, 0.1) is 6.92 Å². The van der Waals surface area contributed by atoms with E-state index in [0.29, 0.717) is 42.4 Å². The zero-order valence-corrected chi connectivity index (χ0v) is 24.4. The maximum atomic E-state index is 12.7. The van der Waals surface area contributed by atoms with E-state index in [4.69, 9.17) is 9.72 Å². The van der Waals surface area contributed by atoms with Gasteiger partial charge in [0.25, 0.3) is 0 Å². The number of carbonyl (C=O) groups is 1. The zero-order chi connectivity index (χ0) is 29.4. The van der Waals surface area contributed by atoms with Gasteiger partial charge in [0.05, 0.1) is 6.20 Å². The Morgan fingerprint density at radius 3 is 2.71 bits per heavy atom. The molecule has 1 aliphatic rings. The highest BCUT2D eigenvalue weighted by Gasteiger charge is 2.32. The summed E-state index contributed by atoms with van der Waals surface area (Å²) in [6, 6.07) is 10.3. The van der Waals surface area contributed by atoms with Crippen LogP contribution in [-0.4, -0.2) is 76.8 Å². The fraction of sp³-hybridized carbons (Fsp3) is 0.367. The molecule has 1 aromatic carbocycles. The van der Waals surface area contributed by atoms with Crippen LogP contribution in [0.15, 0.2) is 55.4 Å². The summed E-state index contributed by atoms with van der Waals surface area (Å²) < 4.78 is 7.34. The first-order chi connectivity index (χ1) is 20.1. The number of benzene rings is 1. The van der Waals surface area contributed by atoms with Crippen molar-refractivity contribution in [2.45, 2.75) is 52.7 Å². The normalized spacial score (nSPS) is 15.8. The van der Waals surface area contributed by atoms with Crippen molar-refractivity contribution in [3.8, 4) is 0 Å². The Balaban J connectivity index is 1.18. The molecule has 0 saturated carbocycles. The van der Waals surface area contributed by atoms with Gasteiger partial charge in [0.2, 0.25) is 5.95 Å². The molecule has 12 heteroatoms. The Morgan fingerprint density at radius 1 is 1.07 bits per heavy atom. The van der Waals surface area contributed by atoms with E-state index in [1.807, 2.05) is 40.0 Å². The molecular weight excluding hydrogens is 532 g/mol. The molecule has 1 aliphatic heterocycles. The molecule has 0 bridgehead atoms. The Hall–Kier alpha value is -4.87. The van der Waals surface area contributed by atoms with E-state index in [-0.39, 0.29) is 12.1 Å². The summed E-state index contributed by atoms with van der Waals surface area (Å²) in [6.07, 6.45) is 7.21. The summed E-state index contributed by atoms with van der Waals surface area (Å²) in [5.41, 5.74) is 6.04. The van der Waals surface area contributed by atoms with Crippen molar-refractivity contribution in [3.63, 3.8) is 0 Å². The van der Waals surface area contributed by atoms with Crippen LogP contribution in [-0.2, 0) is 11.2 Å². The average Bonchev–Trinajstić information content (AvgIpc) is 3.41. The van der Waals surface area contributed by atoms with Gasteiger partial charge in [-0.15, -0.1) is 0 Å². The lowest BCUT2D eigenvalue weighted by Gasteiger charge is -2.40. The maximum absolute atomic E-state index is 12.7. The van der Waals surface area contributed by atoms with Gasteiger partial charge >= 0.3 is 6.09 Å². The van der Waals surface area contributed by atoms with Gasteiger partial charge in [-0.3, -0.25) is 0 Å². The van der Waals surface area contributed by atoms with Crippen molar-refractivity contribution >= 4 is 40.2 Å². The van der Waals surface area contributed by atoms with Crippen molar-refractivity contribution in [3.05, 3.63) is 72.1 Å². The number of ether oxygens (including phenoxy) is 1. The molecule has 12 nitrogen and oxygen atoms in total. The lowest BCUT2D eigenvalue weighted by Crippen LogP contribution is -2.55. The number of rotatable bonds is 5. The van der Waals surface area contributed by atoms with Crippen LogP contribution < -0.4 is 10.2 Å². The Kier molecular flexibility index (Phi) is 7.05. The average molecular weight is 567 g/mol. The third-order valence-corrected chi connectivity index (χ3v) is 7.25. The minimum atomic E-state index is -0.537. The number of fused-ring (bicyclic) bond motifs is 2. The third kappa shape index (κ3) is 5.78. The van der Waals surface area contributed by atoms with Gasteiger partial charge in [-0.05, 0) is 82.0 Å². The molecule has 5 aromatic rings. The van der Waals surface area contributed by atoms with Crippen molar-refractivity contribution in [2.75, 3.05) is 29.9 Å². The summed E-state index contributed by atoms with van der Waals surface area (Å²) in [5.74, 6) is 1.18. The van der Waals surface area contributed by atoms with Crippen LogP contribution in [0.1, 0.15) is 44.4 Å². The van der Waals surface area contributed by atoms with Gasteiger partial charge in [0.1, 0.15) is 29.3 Å². The SMILES string of the molecule is Cc1cc(Nc2ncnc3cnc(N4CCN(C(=O)OC(C)(C)C)[C@H](C)C4)nc23)ccc1Cc1ccn2ncnc2c1. The lowest BCUT2D eigenvalue weighted by atomic mass is 10.0. The lowest BCUT2D eigenvalue weighted by molar-refractivity contribution is 0.0158. The molecule has 1 N–H and O–H groups in total. The second-order valence-corrected chi connectivity index (χ2v) is 11.6. The number of aryl methyl sites for hydroxylation is 1. The molecule has 4 aromatic heterocycles. The Morgan fingerprint density at radius 2 is 1.93 bits per heavy atom. The molecular formula is C30H34N10O2. The third-order valence-electron chi connectivity index (χ3n) is 7.25. The summed E-state index contributed by atoms with van der Waals surface area (Å²) in [7, 11) is 0. The van der Waals surface area contributed by atoms with Gasteiger partial charge in [-0.2, -0.15) is 5.10 Å². The Labute approximate surface area is 243 Å². The van der Waals surface area contributed by atoms with Gasteiger partial charge in [0, 0.05) is 37.6 Å². The smallest absolute Gasteiger partial charge is 0.410 e. The van der Waals surface area contributed by atoms with E-state index < -0.39 is 5.60 Å². The number of nitrogens with one attached hydrogen (secondary N) is 1. The second-order valence-electron chi connectivity index (χ2n) is 11.6. The summed E-state index contributed by atoms with van der Waals surface area (Å²) in [5, 5.41) is 7.60.